The molecule has 2 unspecified atom stereocenters. The van der Waals surface area contributed by atoms with Crippen molar-refractivity contribution in [3.8, 4) is 0 Å². The van der Waals surface area contributed by atoms with Crippen LogP contribution in [0.2, 0.25) is 0 Å². The fraction of sp³-hybridized carbons (Fsp3) is 0.400. The molecule has 1 nitrogen and oxygen atoms in total. The molecular formula is C10H10Br2O. The Kier molecular flexibility index (Phi) is 2.77. The van der Waals surface area contributed by atoms with Gasteiger partial charge in [-0.1, -0.05) is 31.9 Å². The average molecular weight is 306 g/mol. The molecule has 1 aliphatic carbocycles. The fourth-order valence-electron chi connectivity index (χ4n) is 1.65. The predicted molar refractivity (Wildman–Crippen MR) is 59.8 cm³/mol. The van der Waals surface area contributed by atoms with Crippen LogP contribution in [0.5, 0.6) is 0 Å². The van der Waals surface area contributed by atoms with Crippen molar-refractivity contribution in [3.05, 3.63) is 32.7 Å². The van der Waals surface area contributed by atoms with Crippen molar-refractivity contribution in [1.29, 1.82) is 0 Å². The van der Waals surface area contributed by atoms with E-state index in [0.717, 1.165) is 15.4 Å². The lowest BCUT2D eigenvalue weighted by molar-refractivity contribution is 0.274. The Hall–Kier alpha value is 0.140. The summed E-state index contributed by atoms with van der Waals surface area (Å²) in [5.74, 6) is 1.06. The van der Waals surface area contributed by atoms with Crippen LogP contribution in [0.1, 0.15) is 17.9 Å². The molecule has 1 saturated carbocycles. The molecule has 70 valence electrons. The van der Waals surface area contributed by atoms with E-state index in [0.29, 0.717) is 18.4 Å². The lowest BCUT2D eigenvalue weighted by Gasteiger charge is -2.01. The number of halogens is 2. The van der Waals surface area contributed by atoms with Gasteiger partial charge in [-0.3, -0.25) is 0 Å². The zero-order valence-electron chi connectivity index (χ0n) is 7.00. The third-order valence-corrected chi connectivity index (χ3v) is 3.39. The SMILES string of the molecule is OCC1CC1c1cc(Br)cc(Br)c1. The van der Waals surface area contributed by atoms with E-state index in [-0.39, 0.29) is 0 Å². The maximum Gasteiger partial charge on any atom is 0.0465 e. The Morgan fingerprint density at radius 3 is 2.31 bits per heavy atom. The third-order valence-electron chi connectivity index (χ3n) is 2.47. The van der Waals surface area contributed by atoms with Gasteiger partial charge in [-0.2, -0.15) is 0 Å². The molecule has 0 aromatic heterocycles. The lowest BCUT2D eigenvalue weighted by atomic mass is 10.1. The highest BCUT2D eigenvalue weighted by molar-refractivity contribution is 9.11. The monoisotopic (exact) mass is 304 g/mol. The normalized spacial score (nSPS) is 26.1. The molecule has 1 aromatic carbocycles. The fourth-order valence-corrected chi connectivity index (χ4v) is 2.98. The summed E-state index contributed by atoms with van der Waals surface area (Å²) in [6, 6.07) is 6.29. The Bertz CT molecular complexity index is 304. The van der Waals surface area contributed by atoms with Crippen molar-refractivity contribution in [2.24, 2.45) is 5.92 Å². The first kappa shape index (κ1) is 9.69. The van der Waals surface area contributed by atoms with Crippen molar-refractivity contribution in [3.63, 3.8) is 0 Å². The average Bonchev–Trinajstić information content (AvgIpc) is 2.80. The van der Waals surface area contributed by atoms with Crippen LogP contribution in [0.15, 0.2) is 27.1 Å². The third kappa shape index (κ3) is 2.14. The first-order valence-electron chi connectivity index (χ1n) is 4.27. The Balaban J connectivity index is 2.22. The Morgan fingerprint density at radius 2 is 1.85 bits per heavy atom. The molecule has 2 rings (SSSR count). The molecule has 0 saturated heterocycles. The smallest absolute Gasteiger partial charge is 0.0465 e. The van der Waals surface area contributed by atoms with Crippen LogP contribution in [0.4, 0.5) is 0 Å². The van der Waals surface area contributed by atoms with Crippen LogP contribution in [-0.2, 0) is 0 Å². The molecule has 1 aromatic rings. The summed E-state index contributed by atoms with van der Waals surface area (Å²) in [5.41, 5.74) is 1.32. The van der Waals surface area contributed by atoms with E-state index >= 15 is 0 Å². The molecule has 2 atom stereocenters. The summed E-state index contributed by atoms with van der Waals surface area (Å²) >= 11 is 6.92. The number of benzene rings is 1. The summed E-state index contributed by atoms with van der Waals surface area (Å²) in [5, 5.41) is 8.95. The van der Waals surface area contributed by atoms with Gasteiger partial charge in [0, 0.05) is 15.6 Å². The molecule has 1 aliphatic rings. The van der Waals surface area contributed by atoms with E-state index in [1.54, 1.807) is 0 Å². The largest absolute Gasteiger partial charge is 0.396 e. The minimum absolute atomic E-state index is 0.314. The second kappa shape index (κ2) is 3.71. The molecule has 0 spiro atoms. The minimum Gasteiger partial charge on any atom is -0.396 e. The van der Waals surface area contributed by atoms with Gasteiger partial charge in [0.1, 0.15) is 0 Å². The molecule has 0 bridgehead atoms. The lowest BCUT2D eigenvalue weighted by Crippen LogP contribution is -1.88. The topological polar surface area (TPSA) is 20.2 Å². The van der Waals surface area contributed by atoms with Gasteiger partial charge in [-0.15, -0.1) is 0 Å². The minimum atomic E-state index is 0.314. The van der Waals surface area contributed by atoms with Crippen LogP contribution < -0.4 is 0 Å². The summed E-state index contributed by atoms with van der Waals surface area (Å²) in [6.07, 6.45) is 1.12. The molecule has 1 fully saturated rings. The van der Waals surface area contributed by atoms with Crippen molar-refractivity contribution < 1.29 is 5.11 Å². The van der Waals surface area contributed by atoms with Gasteiger partial charge in [0.05, 0.1) is 0 Å². The highest BCUT2D eigenvalue weighted by atomic mass is 79.9. The Labute approximate surface area is 94.4 Å². The molecule has 3 heteroatoms. The summed E-state index contributed by atoms with van der Waals surface area (Å²) in [6.45, 7) is 0.314. The first-order valence-corrected chi connectivity index (χ1v) is 5.86. The van der Waals surface area contributed by atoms with E-state index in [9.17, 15) is 0 Å². The summed E-state index contributed by atoms with van der Waals surface area (Å²) in [7, 11) is 0. The number of aliphatic hydroxyl groups is 1. The zero-order chi connectivity index (χ0) is 9.42. The van der Waals surface area contributed by atoms with Gasteiger partial charge in [0.2, 0.25) is 0 Å². The number of aliphatic hydroxyl groups excluding tert-OH is 1. The van der Waals surface area contributed by atoms with E-state index in [1.807, 2.05) is 6.07 Å². The second-order valence-electron chi connectivity index (χ2n) is 3.49. The Morgan fingerprint density at radius 1 is 1.23 bits per heavy atom. The maximum atomic E-state index is 8.95. The molecule has 0 aliphatic heterocycles. The van der Waals surface area contributed by atoms with Crippen LogP contribution in [0.25, 0.3) is 0 Å². The number of rotatable bonds is 2. The summed E-state index contributed by atoms with van der Waals surface area (Å²) < 4.78 is 2.20. The van der Waals surface area contributed by atoms with Crippen LogP contribution in [-0.4, -0.2) is 11.7 Å². The van der Waals surface area contributed by atoms with Gasteiger partial charge >= 0.3 is 0 Å². The zero-order valence-corrected chi connectivity index (χ0v) is 10.2. The van der Waals surface area contributed by atoms with Crippen molar-refractivity contribution in [2.45, 2.75) is 12.3 Å². The first-order chi connectivity index (χ1) is 6.20. The van der Waals surface area contributed by atoms with Crippen LogP contribution in [0, 0.1) is 5.92 Å². The quantitative estimate of drug-likeness (QED) is 0.889. The summed E-state index contributed by atoms with van der Waals surface area (Å²) in [4.78, 5) is 0. The molecular weight excluding hydrogens is 296 g/mol. The maximum absolute atomic E-state index is 8.95. The van der Waals surface area contributed by atoms with Crippen molar-refractivity contribution in [2.75, 3.05) is 6.61 Å². The van der Waals surface area contributed by atoms with Crippen LogP contribution in [0.3, 0.4) is 0 Å². The number of hydrogen-bond acceptors (Lipinski definition) is 1. The molecule has 0 heterocycles. The van der Waals surface area contributed by atoms with Crippen molar-refractivity contribution >= 4 is 31.9 Å². The number of hydrogen-bond donors (Lipinski definition) is 1. The van der Waals surface area contributed by atoms with E-state index in [1.165, 1.54) is 5.56 Å². The molecule has 0 radical (unpaired) electrons. The van der Waals surface area contributed by atoms with Gasteiger partial charge in [0.15, 0.2) is 0 Å². The molecule has 13 heavy (non-hydrogen) atoms. The predicted octanol–water partition coefficient (Wildman–Crippen LogP) is 3.31. The van der Waals surface area contributed by atoms with E-state index in [4.69, 9.17) is 5.11 Å². The molecule has 0 amide bonds. The van der Waals surface area contributed by atoms with Gasteiger partial charge in [0.25, 0.3) is 0 Å². The van der Waals surface area contributed by atoms with Gasteiger partial charge in [-0.25, -0.2) is 0 Å². The van der Waals surface area contributed by atoms with Gasteiger partial charge in [-0.05, 0) is 42.0 Å². The van der Waals surface area contributed by atoms with Crippen LogP contribution >= 0.6 is 31.9 Å². The van der Waals surface area contributed by atoms with Crippen molar-refractivity contribution in [1.82, 2.24) is 0 Å². The highest BCUT2D eigenvalue weighted by Gasteiger charge is 2.37. The van der Waals surface area contributed by atoms with E-state index < -0.39 is 0 Å². The molecule has 1 N–H and O–H groups in total. The van der Waals surface area contributed by atoms with E-state index in [2.05, 4.69) is 44.0 Å². The second-order valence-corrected chi connectivity index (χ2v) is 5.32. The van der Waals surface area contributed by atoms with Gasteiger partial charge < -0.3 is 5.11 Å². The standard InChI is InChI=1S/C10H10Br2O/c11-8-1-6(2-9(12)4-8)10-3-7(10)5-13/h1-2,4,7,10,13H,3,5H2. The highest BCUT2D eigenvalue weighted by Crippen LogP contribution is 2.47.